The fraction of sp³-hybridized carbons (Fsp3) is 0.200. The van der Waals surface area contributed by atoms with Crippen LogP contribution in [0.1, 0.15) is 0 Å². The van der Waals surface area contributed by atoms with Crippen molar-refractivity contribution < 1.29 is 4.79 Å². The van der Waals surface area contributed by atoms with Crippen molar-refractivity contribution in [2.24, 2.45) is 0 Å². The monoisotopic (exact) mass is 316 g/mol. The molecule has 1 amide bonds. The minimum atomic E-state index is 0.0691. The molecule has 1 saturated heterocycles. The predicted molar refractivity (Wildman–Crippen MR) is 74.5 cm³/mol. The Morgan fingerprint density at radius 3 is 2.69 bits per heavy atom. The SMILES string of the molecule is O=C1CSC(=S)N1CNc1ccc(Br)cc1. The molecule has 16 heavy (non-hydrogen) atoms. The van der Waals surface area contributed by atoms with Gasteiger partial charge in [0.1, 0.15) is 4.32 Å². The predicted octanol–water partition coefficient (Wildman–Crippen LogP) is 2.68. The zero-order valence-electron chi connectivity index (χ0n) is 8.27. The highest BCUT2D eigenvalue weighted by Crippen LogP contribution is 2.19. The summed E-state index contributed by atoms with van der Waals surface area (Å²) in [6.45, 7) is 0.437. The standard InChI is InChI=1S/C10H9BrN2OS2/c11-7-1-3-8(4-2-7)12-6-13-9(14)5-16-10(13)15/h1-4,12H,5-6H2. The van der Waals surface area contributed by atoms with Gasteiger partial charge in [-0.2, -0.15) is 0 Å². The number of amides is 1. The molecule has 1 heterocycles. The number of halogens is 1. The molecule has 0 saturated carbocycles. The van der Waals surface area contributed by atoms with Crippen molar-refractivity contribution in [2.45, 2.75) is 0 Å². The molecule has 3 nitrogen and oxygen atoms in total. The molecule has 1 aliphatic rings. The lowest BCUT2D eigenvalue weighted by Gasteiger charge is -2.16. The third-order valence-electron chi connectivity index (χ3n) is 2.13. The van der Waals surface area contributed by atoms with Crippen molar-refractivity contribution in [1.29, 1.82) is 0 Å². The number of nitrogens with one attached hydrogen (secondary N) is 1. The number of hydrogen-bond acceptors (Lipinski definition) is 4. The average Bonchev–Trinajstić information content (AvgIpc) is 2.59. The Labute approximate surface area is 112 Å². The third kappa shape index (κ3) is 2.75. The van der Waals surface area contributed by atoms with E-state index in [0.717, 1.165) is 10.2 Å². The molecule has 1 aliphatic heterocycles. The second-order valence-electron chi connectivity index (χ2n) is 3.22. The van der Waals surface area contributed by atoms with Crippen LogP contribution in [0.5, 0.6) is 0 Å². The van der Waals surface area contributed by atoms with Crippen LogP contribution in [-0.4, -0.2) is 27.5 Å². The van der Waals surface area contributed by atoms with E-state index < -0.39 is 0 Å². The molecule has 6 heteroatoms. The Kier molecular flexibility index (Phi) is 3.83. The van der Waals surface area contributed by atoms with Crippen molar-refractivity contribution in [1.82, 2.24) is 4.90 Å². The Morgan fingerprint density at radius 2 is 2.12 bits per heavy atom. The molecular weight excluding hydrogens is 308 g/mol. The first-order valence-electron chi connectivity index (χ1n) is 4.63. The summed E-state index contributed by atoms with van der Waals surface area (Å²) in [6, 6.07) is 7.78. The van der Waals surface area contributed by atoms with Crippen LogP contribution in [0.25, 0.3) is 0 Å². The van der Waals surface area contributed by atoms with E-state index in [1.54, 1.807) is 4.90 Å². The lowest BCUT2D eigenvalue weighted by atomic mass is 10.3. The molecule has 0 spiro atoms. The van der Waals surface area contributed by atoms with E-state index in [2.05, 4.69) is 21.2 Å². The number of rotatable bonds is 3. The summed E-state index contributed by atoms with van der Waals surface area (Å²) in [5, 5.41) is 3.16. The quantitative estimate of drug-likeness (QED) is 0.869. The van der Waals surface area contributed by atoms with Crippen molar-refractivity contribution in [3.05, 3.63) is 28.7 Å². The molecule has 0 aliphatic carbocycles. The van der Waals surface area contributed by atoms with Gasteiger partial charge in [-0.15, -0.1) is 0 Å². The summed E-state index contributed by atoms with van der Waals surface area (Å²) >= 11 is 9.85. The largest absolute Gasteiger partial charge is 0.367 e. The Morgan fingerprint density at radius 1 is 1.44 bits per heavy atom. The maximum atomic E-state index is 11.4. The summed E-state index contributed by atoms with van der Waals surface area (Å²) in [4.78, 5) is 13.0. The average molecular weight is 317 g/mol. The van der Waals surface area contributed by atoms with Gasteiger partial charge in [-0.3, -0.25) is 9.69 Å². The minimum Gasteiger partial charge on any atom is -0.367 e. The van der Waals surface area contributed by atoms with E-state index in [1.165, 1.54) is 11.8 Å². The number of thiocarbonyl (C=S) groups is 1. The van der Waals surface area contributed by atoms with Gasteiger partial charge < -0.3 is 5.32 Å². The zero-order chi connectivity index (χ0) is 11.5. The Hall–Kier alpha value is -0.590. The summed E-state index contributed by atoms with van der Waals surface area (Å²) in [5.41, 5.74) is 0.968. The highest BCUT2D eigenvalue weighted by molar-refractivity contribution is 9.10. The highest BCUT2D eigenvalue weighted by atomic mass is 79.9. The normalized spacial score (nSPS) is 15.7. The van der Waals surface area contributed by atoms with Crippen molar-refractivity contribution in [2.75, 3.05) is 17.7 Å². The maximum Gasteiger partial charge on any atom is 0.239 e. The van der Waals surface area contributed by atoms with Crippen molar-refractivity contribution >= 4 is 55.8 Å². The number of nitrogens with zero attached hydrogens (tertiary/aromatic N) is 1. The van der Waals surface area contributed by atoms with Gasteiger partial charge in [-0.25, -0.2) is 0 Å². The molecule has 0 bridgehead atoms. The van der Waals surface area contributed by atoms with Crippen molar-refractivity contribution in [3.63, 3.8) is 0 Å². The minimum absolute atomic E-state index is 0.0691. The van der Waals surface area contributed by atoms with Gasteiger partial charge in [0.25, 0.3) is 0 Å². The first-order chi connectivity index (χ1) is 7.66. The topological polar surface area (TPSA) is 32.3 Å². The summed E-state index contributed by atoms with van der Waals surface area (Å²) in [7, 11) is 0. The van der Waals surface area contributed by atoms with Gasteiger partial charge in [0.2, 0.25) is 5.91 Å². The Balaban J connectivity index is 1.94. The van der Waals surface area contributed by atoms with E-state index >= 15 is 0 Å². The molecule has 1 aromatic carbocycles. The summed E-state index contributed by atoms with van der Waals surface area (Å²) < 4.78 is 1.68. The third-order valence-corrected chi connectivity index (χ3v) is 4.09. The van der Waals surface area contributed by atoms with E-state index in [4.69, 9.17) is 12.2 Å². The first-order valence-corrected chi connectivity index (χ1v) is 6.82. The second kappa shape index (κ2) is 5.16. The van der Waals surface area contributed by atoms with Crippen LogP contribution in [0.3, 0.4) is 0 Å². The Bertz CT molecular complexity index is 405. The van der Waals surface area contributed by atoms with E-state index in [9.17, 15) is 4.79 Å². The lowest BCUT2D eigenvalue weighted by Crippen LogP contribution is -2.33. The molecule has 1 fully saturated rings. The number of benzene rings is 1. The summed E-state index contributed by atoms with van der Waals surface area (Å²) in [5.74, 6) is 0.528. The van der Waals surface area contributed by atoms with Gasteiger partial charge in [0, 0.05) is 10.2 Å². The van der Waals surface area contributed by atoms with Gasteiger partial charge in [-0.05, 0) is 24.3 Å². The first kappa shape index (κ1) is 11.9. The van der Waals surface area contributed by atoms with Crippen LogP contribution in [0.4, 0.5) is 5.69 Å². The molecule has 0 aromatic heterocycles. The van der Waals surface area contributed by atoms with Crippen molar-refractivity contribution in [3.8, 4) is 0 Å². The van der Waals surface area contributed by atoms with E-state index in [0.29, 0.717) is 16.7 Å². The molecule has 0 atom stereocenters. The van der Waals surface area contributed by atoms with E-state index in [-0.39, 0.29) is 5.91 Å². The van der Waals surface area contributed by atoms with Crippen LogP contribution in [0.2, 0.25) is 0 Å². The van der Waals surface area contributed by atoms with E-state index in [1.807, 2.05) is 24.3 Å². The number of hydrogen-bond donors (Lipinski definition) is 1. The molecule has 1 N–H and O–H groups in total. The number of anilines is 1. The molecule has 2 rings (SSSR count). The summed E-state index contributed by atoms with van der Waals surface area (Å²) in [6.07, 6.45) is 0. The second-order valence-corrected chi connectivity index (χ2v) is 5.74. The molecular formula is C10H9BrN2OS2. The molecule has 0 unspecified atom stereocenters. The van der Waals surface area contributed by atoms with Crippen LogP contribution in [-0.2, 0) is 4.79 Å². The number of carbonyl (C=O) groups is 1. The van der Waals surface area contributed by atoms with Crippen LogP contribution in [0.15, 0.2) is 28.7 Å². The maximum absolute atomic E-state index is 11.4. The van der Waals surface area contributed by atoms with Crippen LogP contribution in [0, 0.1) is 0 Å². The van der Waals surface area contributed by atoms with Crippen LogP contribution < -0.4 is 5.32 Å². The fourth-order valence-corrected chi connectivity index (χ4v) is 2.60. The highest BCUT2D eigenvalue weighted by Gasteiger charge is 2.25. The molecule has 1 aromatic rings. The van der Waals surface area contributed by atoms with Gasteiger partial charge >= 0.3 is 0 Å². The number of thioether (sulfide) groups is 1. The zero-order valence-corrected chi connectivity index (χ0v) is 11.5. The molecule has 84 valence electrons. The number of carbonyl (C=O) groups excluding carboxylic acids is 1. The van der Waals surface area contributed by atoms with Gasteiger partial charge in [-0.1, -0.05) is 39.9 Å². The fourth-order valence-electron chi connectivity index (χ4n) is 1.27. The lowest BCUT2D eigenvalue weighted by molar-refractivity contribution is -0.123. The van der Waals surface area contributed by atoms with Gasteiger partial charge in [0.05, 0.1) is 12.4 Å². The van der Waals surface area contributed by atoms with Gasteiger partial charge in [0.15, 0.2) is 0 Å². The molecule has 0 radical (unpaired) electrons. The van der Waals surface area contributed by atoms with Crippen LogP contribution >= 0.6 is 39.9 Å². The smallest absolute Gasteiger partial charge is 0.239 e.